The molecule has 0 aliphatic rings. The van der Waals surface area contributed by atoms with Crippen LogP contribution in [-0.4, -0.2) is 41.3 Å². The third-order valence-corrected chi connectivity index (χ3v) is 3.25. The Bertz CT molecular complexity index is 577. The first-order valence-electron chi connectivity index (χ1n) is 6.30. The summed E-state index contributed by atoms with van der Waals surface area (Å²) in [7, 11) is 2.06. The molecule has 5 nitrogen and oxygen atoms in total. The highest BCUT2D eigenvalue weighted by Gasteiger charge is 2.12. The Hall–Kier alpha value is -2.01. The molecule has 0 amide bonds. The van der Waals surface area contributed by atoms with Crippen molar-refractivity contribution in [3.8, 4) is 5.75 Å². The Kier molecular flexibility index (Phi) is 4.06. The van der Waals surface area contributed by atoms with Gasteiger partial charge in [-0.05, 0) is 37.7 Å². The highest BCUT2D eigenvalue weighted by molar-refractivity contribution is 5.90. The molecule has 0 atom stereocenters. The fraction of sp³-hybridized carbons (Fsp3) is 0.357. The molecule has 19 heavy (non-hydrogen) atoms. The predicted molar refractivity (Wildman–Crippen MR) is 73.8 cm³/mol. The summed E-state index contributed by atoms with van der Waals surface area (Å²) >= 11 is 0. The standard InChI is InChI=1S/C14H18N2O3/c1-3-16(2)8-7-10-9-15-11-5-4-6-12(13(10)11)19-14(17)18/h4-6,9,15H,3,7-8H2,1-2H3,(H,17,18). The first-order valence-corrected chi connectivity index (χ1v) is 6.30. The van der Waals surface area contributed by atoms with Crippen molar-refractivity contribution in [1.29, 1.82) is 0 Å². The zero-order chi connectivity index (χ0) is 13.8. The Balaban J connectivity index is 2.31. The van der Waals surface area contributed by atoms with Gasteiger partial charge in [-0.25, -0.2) is 4.79 Å². The number of carboxylic acid groups (broad SMARTS) is 1. The number of H-pyrrole nitrogens is 1. The van der Waals surface area contributed by atoms with E-state index in [0.717, 1.165) is 36.0 Å². The van der Waals surface area contributed by atoms with Crippen LogP contribution in [0.1, 0.15) is 12.5 Å². The van der Waals surface area contributed by atoms with Crippen LogP contribution >= 0.6 is 0 Å². The van der Waals surface area contributed by atoms with Gasteiger partial charge < -0.3 is 19.7 Å². The van der Waals surface area contributed by atoms with E-state index in [9.17, 15) is 4.79 Å². The van der Waals surface area contributed by atoms with Crippen LogP contribution in [0.4, 0.5) is 4.79 Å². The zero-order valence-electron chi connectivity index (χ0n) is 11.1. The second-order valence-corrected chi connectivity index (χ2v) is 4.51. The number of nitrogens with one attached hydrogen (secondary N) is 1. The molecule has 2 aromatic rings. The highest BCUT2D eigenvalue weighted by Crippen LogP contribution is 2.29. The molecule has 2 N–H and O–H groups in total. The van der Waals surface area contributed by atoms with E-state index < -0.39 is 6.16 Å². The number of benzene rings is 1. The second-order valence-electron chi connectivity index (χ2n) is 4.51. The van der Waals surface area contributed by atoms with Gasteiger partial charge in [-0.15, -0.1) is 0 Å². The molecule has 0 bridgehead atoms. The Labute approximate surface area is 111 Å². The van der Waals surface area contributed by atoms with E-state index in [2.05, 4.69) is 23.9 Å². The van der Waals surface area contributed by atoms with Gasteiger partial charge >= 0.3 is 6.16 Å². The summed E-state index contributed by atoms with van der Waals surface area (Å²) in [6, 6.07) is 5.37. The van der Waals surface area contributed by atoms with Gasteiger partial charge in [0.25, 0.3) is 0 Å². The summed E-state index contributed by atoms with van der Waals surface area (Å²) in [5.41, 5.74) is 1.97. The number of ether oxygens (including phenoxy) is 1. The van der Waals surface area contributed by atoms with E-state index in [-0.39, 0.29) is 0 Å². The number of hydrogen-bond donors (Lipinski definition) is 2. The van der Waals surface area contributed by atoms with Gasteiger partial charge in [-0.2, -0.15) is 0 Å². The maximum Gasteiger partial charge on any atom is 0.511 e. The molecule has 0 saturated heterocycles. The number of likely N-dealkylation sites (N-methyl/N-ethyl adjacent to an activating group) is 1. The van der Waals surface area contributed by atoms with E-state index in [1.807, 2.05) is 12.3 Å². The molecule has 0 saturated carbocycles. The van der Waals surface area contributed by atoms with Crippen LogP contribution < -0.4 is 4.74 Å². The van der Waals surface area contributed by atoms with Crippen LogP contribution in [0.25, 0.3) is 10.9 Å². The molecular weight excluding hydrogens is 244 g/mol. The van der Waals surface area contributed by atoms with Crippen LogP contribution in [0.5, 0.6) is 5.75 Å². The minimum absolute atomic E-state index is 0.389. The smallest absolute Gasteiger partial charge is 0.449 e. The third kappa shape index (κ3) is 3.06. The average Bonchev–Trinajstić information content (AvgIpc) is 2.79. The van der Waals surface area contributed by atoms with Crippen molar-refractivity contribution in [3.05, 3.63) is 30.0 Å². The lowest BCUT2D eigenvalue weighted by atomic mass is 10.1. The van der Waals surface area contributed by atoms with Crippen molar-refractivity contribution >= 4 is 17.1 Å². The monoisotopic (exact) mass is 262 g/mol. The van der Waals surface area contributed by atoms with Crippen molar-refractivity contribution in [2.75, 3.05) is 20.1 Å². The van der Waals surface area contributed by atoms with Crippen molar-refractivity contribution in [2.45, 2.75) is 13.3 Å². The number of carbonyl (C=O) groups is 1. The van der Waals surface area contributed by atoms with Crippen molar-refractivity contribution in [2.24, 2.45) is 0 Å². The van der Waals surface area contributed by atoms with Gasteiger partial charge in [0.1, 0.15) is 5.75 Å². The van der Waals surface area contributed by atoms with Gasteiger partial charge in [0.05, 0.1) is 0 Å². The summed E-state index contributed by atoms with van der Waals surface area (Å²) in [6.45, 7) is 4.01. The lowest BCUT2D eigenvalue weighted by Gasteiger charge is -2.13. The summed E-state index contributed by atoms with van der Waals surface area (Å²) in [4.78, 5) is 16.1. The molecule has 0 unspecified atom stereocenters. The SMILES string of the molecule is CCN(C)CCc1c[nH]c2cccc(OC(=O)O)c12. The molecule has 0 spiro atoms. The summed E-state index contributed by atoms with van der Waals surface area (Å²) in [6.07, 6.45) is 1.48. The van der Waals surface area contributed by atoms with Gasteiger partial charge in [-0.3, -0.25) is 0 Å². The molecule has 0 radical (unpaired) electrons. The van der Waals surface area contributed by atoms with Crippen LogP contribution in [0, 0.1) is 0 Å². The van der Waals surface area contributed by atoms with Gasteiger partial charge in [-0.1, -0.05) is 13.0 Å². The first kappa shape index (κ1) is 13.4. The third-order valence-electron chi connectivity index (χ3n) is 3.25. The van der Waals surface area contributed by atoms with E-state index in [4.69, 9.17) is 9.84 Å². The first-order chi connectivity index (χ1) is 9.11. The molecule has 2 rings (SSSR count). The van der Waals surface area contributed by atoms with E-state index >= 15 is 0 Å². The Morgan fingerprint density at radius 2 is 2.26 bits per heavy atom. The molecule has 0 aliphatic carbocycles. The minimum atomic E-state index is -1.29. The summed E-state index contributed by atoms with van der Waals surface area (Å²) in [5, 5.41) is 9.63. The summed E-state index contributed by atoms with van der Waals surface area (Å²) < 4.78 is 4.84. The number of fused-ring (bicyclic) bond motifs is 1. The maximum absolute atomic E-state index is 10.7. The Morgan fingerprint density at radius 3 is 2.95 bits per heavy atom. The van der Waals surface area contributed by atoms with Crippen LogP contribution in [-0.2, 0) is 6.42 Å². The van der Waals surface area contributed by atoms with Crippen LogP contribution in [0.2, 0.25) is 0 Å². The number of nitrogens with zero attached hydrogens (tertiary/aromatic N) is 1. The fourth-order valence-electron chi connectivity index (χ4n) is 2.07. The molecular formula is C14H18N2O3. The van der Waals surface area contributed by atoms with E-state index in [1.165, 1.54) is 0 Å². The largest absolute Gasteiger partial charge is 0.511 e. The van der Waals surface area contributed by atoms with Crippen molar-refractivity contribution in [3.63, 3.8) is 0 Å². The fourth-order valence-corrected chi connectivity index (χ4v) is 2.07. The van der Waals surface area contributed by atoms with Gasteiger partial charge in [0, 0.05) is 23.6 Å². The molecule has 1 aromatic carbocycles. The van der Waals surface area contributed by atoms with Crippen LogP contribution in [0.15, 0.2) is 24.4 Å². The van der Waals surface area contributed by atoms with Crippen LogP contribution in [0.3, 0.4) is 0 Å². The lowest BCUT2D eigenvalue weighted by molar-refractivity contribution is 0.145. The molecule has 0 aliphatic heterocycles. The highest BCUT2D eigenvalue weighted by atomic mass is 16.7. The number of rotatable bonds is 5. The quantitative estimate of drug-likeness (QED) is 0.642. The van der Waals surface area contributed by atoms with E-state index in [0.29, 0.717) is 5.75 Å². The minimum Gasteiger partial charge on any atom is -0.449 e. The average molecular weight is 262 g/mol. The predicted octanol–water partition coefficient (Wildman–Crippen LogP) is 2.72. The number of aromatic amines is 1. The second kappa shape index (κ2) is 5.75. The molecule has 1 heterocycles. The zero-order valence-corrected chi connectivity index (χ0v) is 11.1. The number of hydrogen-bond acceptors (Lipinski definition) is 3. The summed E-state index contributed by atoms with van der Waals surface area (Å²) in [5.74, 6) is 0.389. The van der Waals surface area contributed by atoms with Gasteiger partial charge in [0.2, 0.25) is 0 Å². The maximum atomic E-state index is 10.7. The molecule has 0 fully saturated rings. The molecule has 102 valence electrons. The van der Waals surface area contributed by atoms with Gasteiger partial charge in [0.15, 0.2) is 0 Å². The van der Waals surface area contributed by atoms with E-state index in [1.54, 1.807) is 12.1 Å². The number of aromatic nitrogens is 1. The molecule has 1 aromatic heterocycles. The van der Waals surface area contributed by atoms with Crippen molar-refractivity contribution in [1.82, 2.24) is 9.88 Å². The molecule has 5 heteroatoms. The normalized spacial score (nSPS) is 11.1. The Morgan fingerprint density at radius 1 is 1.47 bits per heavy atom. The van der Waals surface area contributed by atoms with Crippen molar-refractivity contribution < 1.29 is 14.6 Å². The lowest BCUT2D eigenvalue weighted by Crippen LogP contribution is -2.20. The topological polar surface area (TPSA) is 65.6 Å².